The lowest BCUT2D eigenvalue weighted by Gasteiger charge is -2.31. The van der Waals surface area contributed by atoms with Gasteiger partial charge in [-0.05, 0) is 48.2 Å². The molecule has 0 bridgehead atoms. The van der Waals surface area contributed by atoms with Gasteiger partial charge in [0.2, 0.25) is 0 Å². The molecule has 0 aliphatic carbocycles. The highest BCUT2D eigenvalue weighted by Gasteiger charge is 2.28. The molecule has 0 N–H and O–H groups in total. The molecular weight excluding hydrogens is 323 g/mol. The van der Waals surface area contributed by atoms with Crippen molar-refractivity contribution in [2.24, 2.45) is 0 Å². The first-order chi connectivity index (χ1) is 11.6. The summed E-state index contributed by atoms with van der Waals surface area (Å²) in [6, 6.07) is 16.3. The summed E-state index contributed by atoms with van der Waals surface area (Å²) in [6.45, 7) is 2.68. The summed E-state index contributed by atoms with van der Waals surface area (Å²) in [5, 5.41) is 0. The molecule has 2 rings (SSSR count). The molecule has 4 nitrogen and oxygen atoms in total. The molecule has 0 aliphatic rings. The molecule has 0 radical (unpaired) electrons. The molecule has 0 spiro atoms. The van der Waals surface area contributed by atoms with E-state index < -0.39 is 0 Å². The molecule has 0 heterocycles. The maximum Gasteiger partial charge on any atom is 0.327 e. The minimum Gasteiger partial charge on any atom is -0.497 e. The van der Waals surface area contributed by atoms with Gasteiger partial charge in [0.15, 0.2) is 0 Å². The van der Waals surface area contributed by atoms with Gasteiger partial charge in [-0.15, -0.1) is 0 Å². The zero-order chi connectivity index (χ0) is 17.4. The average molecular weight is 346 g/mol. The van der Waals surface area contributed by atoms with E-state index in [-0.39, 0.29) is 14.1 Å². The Balaban J connectivity index is 2.32. The number of hydrogen-bond donors (Lipinski definition) is 0. The topological polar surface area (TPSA) is 44.8 Å². The first-order valence-electron chi connectivity index (χ1n) is 7.87. The molecule has 5 heteroatoms. The molecule has 0 saturated carbocycles. The fourth-order valence-electron chi connectivity index (χ4n) is 2.90. The number of hydrogen-bond acceptors (Lipinski definition) is 4. The third-order valence-corrected chi connectivity index (χ3v) is 4.71. The molecule has 0 atom stereocenters. The Morgan fingerprint density at radius 1 is 0.875 bits per heavy atom. The predicted molar refractivity (Wildman–Crippen MR) is 95.2 cm³/mol. The minimum absolute atomic E-state index is 0.179. The van der Waals surface area contributed by atoms with Gasteiger partial charge >= 0.3 is 8.69 Å². The highest BCUT2D eigenvalue weighted by molar-refractivity contribution is 7.17. The van der Waals surface area contributed by atoms with Crippen LogP contribution in [-0.2, 0) is 14.5 Å². The maximum absolute atomic E-state index is 10.5. The second-order valence-electron chi connectivity index (χ2n) is 5.80. The largest absolute Gasteiger partial charge is 0.497 e. The standard InChI is InChI=1S/C19H23O4P/c1-19(13-4-14-23-24-20,15-5-9-17(21-2)10-6-15)16-7-11-18(22-3)12-8-16/h5-12H,4,13-14H2,1-3H3. The summed E-state index contributed by atoms with van der Waals surface area (Å²) >= 11 is 0. The smallest absolute Gasteiger partial charge is 0.327 e. The summed E-state index contributed by atoms with van der Waals surface area (Å²) in [4.78, 5) is 0. The Hall–Kier alpha value is -1.90. The monoisotopic (exact) mass is 346 g/mol. The van der Waals surface area contributed by atoms with Crippen LogP contribution in [0.5, 0.6) is 11.5 Å². The van der Waals surface area contributed by atoms with Gasteiger partial charge in [-0.3, -0.25) is 4.52 Å². The van der Waals surface area contributed by atoms with Crippen molar-refractivity contribution < 1.29 is 18.6 Å². The third kappa shape index (κ3) is 4.34. The van der Waals surface area contributed by atoms with Crippen molar-refractivity contribution in [3.8, 4) is 11.5 Å². The van der Waals surface area contributed by atoms with Crippen molar-refractivity contribution >= 4 is 8.69 Å². The fourth-order valence-corrected chi connectivity index (χ4v) is 3.10. The van der Waals surface area contributed by atoms with E-state index in [9.17, 15) is 4.57 Å². The maximum atomic E-state index is 10.5. The molecule has 0 fully saturated rings. The first kappa shape index (κ1) is 18.4. The number of rotatable bonds is 9. The van der Waals surface area contributed by atoms with Gasteiger partial charge in [0.05, 0.1) is 20.8 Å². The molecule has 0 aromatic heterocycles. The summed E-state index contributed by atoms with van der Waals surface area (Å²) in [5.41, 5.74) is 2.23. The van der Waals surface area contributed by atoms with Crippen molar-refractivity contribution in [1.82, 2.24) is 0 Å². The molecule has 0 aliphatic heterocycles. The van der Waals surface area contributed by atoms with Crippen LogP contribution in [0.25, 0.3) is 0 Å². The third-order valence-electron chi connectivity index (χ3n) is 4.42. The highest BCUT2D eigenvalue weighted by atomic mass is 31.1. The van der Waals surface area contributed by atoms with E-state index in [1.54, 1.807) is 14.2 Å². The SMILES string of the molecule is COc1ccc(C(C)(CCCOP=O)c2ccc(OC)cc2)cc1. The van der Waals surface area contributed by atoms with E-state index in [1.165, 1.54) is 11.1 Å². The molecule has 2 aromatic carbocycles. The van der Waals surface area contributed by atoms with Crippen molar-refractivity contribution in [2.45, 2.75) is 25.2 Å². The van der Waals surface area contributed by atoms with Crippen LogP contribution >= 0.6 is 8.69 Å². The van der Waals surface area contributed by atoms with E-state index in [1.807, 2.05) is 24.3 Å². The quantitative estimate of drug-likeness (QED) is 0.473. The highest BCUT2D eigenvalue weighted by Crippen LogP contribution is 2.38. The fraction of sp³-hybridized carbons (Fsp3) is 0.368. The predicted octanol–water partition coefficient (Wildman–Crippen LogP) is 5.01. The zero-order valence-electron chi connectivity index (χ0n) is 14.3. The van der Waals surface area contributed by atoms with E-state index in [0.717, 1.165) is 24.3 Å². The van der Waals surface area contributed by atoms with Crippen LogP contribution < -0.4 is 9.47 Å². The molecule has 0 amide bonds. The normalized spacial score (nSPS) is 11.5. The van der Waals surface area contributed by atoms with Crippen molar-refractivity contribution in [3.05, 3.63) is 59.7 Å². The van der Waals surface area contributed by atoms with Crippen LogP contribution in [-0.4, -0.2) is 20.8 Å². The lowest BCUT2D eigenvalue weighted by Crippen LogP contribution is -2.24. The Morgan fingerprint density at radius 3 is 1.71 bits per heavy atom. The molecule has 0 saturated heterocycles. The van der Waals surface area contributed by atoms with Crippen molar-refractivity contribution in [3.63, 3.8) is 0 Å². The first-order valence-corrected chi connectivity index (χ1v) is 8.61. The van der Waals surface area contributed by atoms with Gasteiger partial charge in [-0.25, -0.2) is 4.57 Å². The molecule has 24 heavy (non-hydrogen) atoms. The van der Waals surface area contributed by atoms with Crippen LogP contribution in [0.3, 0.4) is 0 Å². The Bertz CT molecular complexity index is 590. The molecular formula is C19H23O4P. The van der Waals surface area contributed by atoms with Crippen LogP contribution in [0.15, 0.2) is 48.5 Å². The average Bonchev–Trinajstić information content (AvgIpc) is 2.65. The Labute approximate surface area is 145 Å². The van der Waals surface area contributed by atoms with Gasteiger partial charge in [0.1, 0.15) is 11.5 Å². The van der Waals surface area contributed by atoms with Gasteiger partial charge < -0.3 is 9.47 Å². The number of benzene rings is 2. The van der Waals surface area contributed by atoms with Crippen LogP contribution in [0.2, 0.25) is 0 Å². The van der Waals surface area contributed by atoms with Crippen LogP contribution in [0.1, 0.15) is 30.9 Å². The molecule has 2 aromatic rings. The second-order valence-corrected chi connectivity index (χ2v) is 6.21. The summed E-state index contributed by atoms with van der Waals surface area (Å²) < 4.78 is 25.9. The number of ether oxygens (including phenoxy) is 2. The summed E-state index contributed by atoms with van der Waals surface area (Å²) in [6.07, 6.45) is 1.69. The van der Waals surface area contributed by atoms with E-state index in [0.29, 0.717) is 6.61 Å². The number of methoxy groups -OCH3 is 2. The second kappa shape index (κ2) is 8.81. The van der Waals surface area contributed by atoms with Crippen LogP contribution in [0.4, 0.5) is 0 Å². The summed E-state index contributed by atoms with van der Waals surface area (Å²) in [5.74, 6) is 1.67. The van der Waals surface area contributed by atoms with Crippen LogP contribution in [0, 0.1) is 0 Å². The van der Waals surface area contributed by atoms with E-state index >= 15 is 0 Å². The van der Waals surface area contributed by atoms with Crippen molar-refractivity contribution in [1.29, 1.82) is 0 Å². The van der Waals surface area contributed by atoms with E-state index in [4.69, 9.17) is 14.0 Å². The van der Waals surface area contributed by atoms with E-state index in [2.05, 4.69) is 31.2 Å². The lowest BCUT2D eigenvalue weighted by molar-refractivity contribution is 0.314. The molecule has 0 unspecified atom stereocenters. The van der Waals surface area contributed by atoms with Gasteiger partial charge in [-0.1, -0.05) is 31.2 Å². The van der Waals surface area contributed by atoms with Gasteiger partial charge in [0.25, 0.3) is 0 Å². The minimum atomic E-state index is -0.266. The summed E-state index contributed by atoms with van der Waals surface area (Å²) in [7, 11) is 3.06. The zero-order valence-corrected chi connectivity index (χ0v) is 15.2. The lowest BCUT2D eigenvalue weighted by atomic mass is 9.73. The van der Waals surface area contributed by atoms with Gasteiger partial charge in [-0.2, -0.15) is 0 Å². The Morgan fingerprint density at radius 2 is 1.33 bits per heavy atom. The Kier molecular flexibility index (Phi) is 6.77. The van der Waals surface area contributed by atoms with Crippen molar-refractivity contribution in [2.75, 3.05) is 20.8 Å². The molecule has 128 valence electrons. The van der Waals surface area contributed by atoms with Gasteiger partial charge in [0, 0.05) is 5.41 Å².